The molecule has 2 heterocycles. The number of nitrogens with one attached hydrogen (secondary N) is 3. The molecule has 1 fully saturated rings. The first-order valence-electron chi connectivity index (χ1n) is 12.3. The average Bonchev–Trinajstić information content (AvgIpc) is 2.84. The maximum atomic E-state index is 13.5. The third kappa shape index (κ3) is 6.54. The minimum atomic E-state index is -4.49. The number of halogens is 3. The summed E-state index contributed by atoms with van der Waals surface area (Å²) < 4.78 is 51.8. The van der Waals surface area contributed by atoms with E-state index in [1.54, 1.807) is 20.8 Å². The summed E-state index contributed by atoms with van der Waals surface area (Å²) >= 11 is 0. The summed E-state index contributed by atoms with van der Waals surface area (Å²) in [5.41, 5.74) is 0.576. The van der Waals surface area contributed by atoms with Crippen molar-refractivity contribution < 1.29 is 32.2 Å². The normalized spacial score (nSPS) is 23.2. The molecule has 2 aromatic carbocycles. The highest BCUT2D eigenvalue weighted by molar-refractivity contribution is 5.81. The van der Waals surface area contributed by atoms with E-state index in [4.69, 9.17) is 9.47 Å². The first-order chi connectivity index (χ1) is 17.4. The first kappa shape index (κ1) is 26.8. The molecule has 0 bridgehead atoms. The molecule has 37 heavy (non-hydrogen) atoms. The highest BCUT2D eigenvalue weighted by Gasteiger charge is 2.45. The highest BCUT2D eigenvalue weighted by atomic mass is 19.4. The van der Waals surface area contributed by atoms with Crippen molar-refractivity contribution in [1.82, 2.24) is 10.6 Å². The topological polar surface area (TPSA) is 88.7 Å². The first-order valence-corrected chi connectivity index (χ1v) is 12.3. The molecule has 0 aliphatic carbocycles. The van der Waals surface area contributed by atoms with E-state index in [0.29, 0.717) is 24.1 Å². The largest absolute Gasteiger partial charge is 0.444 e. The molecule has 2 aromatic rings. The van der Waals surface area contributed by atoms with Crippen LogP contribution in [0.2, 0.25) is 0 Å². The van der Waals surface area contributed by atoms with Crippen molar-refractivity contribution in [2.24, 2.45) is 5.92 Å². The van der Waals surface area contributed by atoms with Crippen LogP contribution in [0.25, 0.3) is 0 Å². The molecule has 200 valence electrons. The molecule has 0 unspecified atom stereocenters. The number of amides is 2. The van der Waals surface area contributed by atoms with Crippen LogP contribution in [-0.4, -0.2) is 36.8 Å². The van der Waals surface area contributed by atoms with Gasteiger partial charge in [0, 0.05) is 30.3 Å². The number of hydrogen-bond acceptors (Lipinski definition) is 5. The Labute approximate surface area is 214 Å². The Kier molecular flexibility index (Phi) is 7.68. The zero-order valence-corrected chi connectivity index (χ0v) is 21.0. The van der Waals surface area contributed by atoms with Gasteiger partial charge < -0.3 is 25.4 Å². The van der Waals surface area contributed by atoms with Gasteiger partial charge in [0.1, 0.15) is 11.7 Å². The number of hydrogen-bond donors (Lipinski definition) is 3. The summed E-state index contributed by atoms with van der Waals surface area (Å²) in [6.07, 6.45) is -5.58. The zero-order valence-electron chi connectivity index (χ0n) is 21.0. The molecule has 4 atom stereocenters. The van der Waals surface area contributed by atoms with Crippen LogP contribution in [0.4, 0.5) is 23.7 Å². The third-order valence-electron chi connectivity index (χ3n) is 6.43. The van der Waals surface area contributed by atoms with Crippen LogP contribution in [0, 0.1) is 5.92 Å². The summed E-state index contributed by atoms with van der Waals surface area (Å²) in [6, 6.07) is 13.1. The van der Waals surface area contributed by atoms with Crippen molar-refractivity contribution in [3.05, 3.63) is 65.2 Å². The molecule has 0 spiro atoms. The molecule has 0 aromatic heterocycles. The van der Waals surface area contributed by atoms with E-state index in [9.17, 15) is 22.8 Å². The fourth-order valence-corrected chi connectivity index (χ4v) is 4.83. The molecule has 1 saturated heterocycles. The lowest BCUT2D eigenvalue weighted by Crippen LogP contribution is -2.46. The Morgan fingerprint density at radius 2 is 1.73 bits per heavy atom. The van der Waals surface area contributed by atoms with Crippen LogP contribution in [-0.2, 0) is 20.4 Å². The lowest BCUT2D eigenvalue weighted by molar-refractivity contribution is -0.149. The Morgan fingerprint density at radius 1 is 1.03 bits per heavy atom. The number of benzene rings is 2. The summed E-state index contributed by atoms with van der Waals surface area (Å²) in [7, 11) is 0. The minimum Gasteiger partial charge on any atom is -0.444 e. The molecule has 7 nitrogen and oxygen atoms in total. The average molecular weight is 520 g/mol. The Balaban J connectivity index is 1.47. The Bertz CT molecular complexity index is 1120. The summed E-state index contributed by atoms with van der Waals surface area (Å²) in [5.74, 6) is -0.524. The lowest BCUT2D eigenvalue weighted by Gasteiger charge is -2.45. The Hall–Kier alpha value is -3.27. The minimum absolute atomic E-state index is 0.156. The van der Waals surface area contributed by atoms with Crippen LogP contribution < -0.4 is 16.0 Å². The smallest absolute Gasteiger partial charge is 0.416 e. The predicted octanol–water partition coefficient (Wildman–Crippen LogP) is 5.35. The van der Waals surface area contributed by atoms with E-state index in [1.807, 2.05) is 30.3 Å². The third-order valence-corrected chi connectivity index (χ3v) is 6.43. The van der Waals surface area contributed by atoms with E-state index in [2.05, 4.69) is 16.0 Å². The lowest BCUT2D eigenvalue weighted by atomic mass is 9.76. The van der Waals surface area contributed by atoms with Crippen molar-refractivity contribution >= 4 is 17.7 Å². The number of alkyl carbamates (subject to hydrolysis) is 1. The fourth-order valence-electron chi connectivity index (χ4n) is 4.83. The molecule has 0 radical (unpaired) electrons. The number of rotatable bonds is 5. The number of alkyl halides is 3. The highest BCUT2D eigenvalue weighted by Crippen LogP contribution is 2.51. The van der Waals surface area contributed by atoms with Gasteiger partial charge in [-0.1, -0.05) is 30.3 Å². The van der Waals surface area contributed by atoms with Gasteiger partial charge in [0.25, 0.3) is 0 Å². The van der Waals surface area contributed by atoms with E-state index < -0.39 is 35.6 Å². The van der Waals surface area contributed by atoms with Gasteiger partial charge in [0.15, 0.2) is 0 Å². The molecule has 2 aliphatic heterocycles. The number of carbonyl (C=O) groups excluding carboxylic acids is 2. The van der Waals surface area contributed by atoms with Gasteiger partial charge in [-0.2, -0.15) is 13.2 Å². The summed E-state index contributed by atoms with van der Waals surface area (Å²) in [4.78, 5) is 24.6. The molecule has 2 aliphatic rings. The number of anilines is 1. The second kappa shape index (κ2) is 10.6. The second-order valence-corrected chi connectivity index (χ2v) is 10.3. The van der Waals surface area contributed by atoms with Gasteiger partial charge in [-0.25, -0.2) is 4.79 Å². The molecule has 10 heteroatoms. The van der Waals surface area contributed by atoms with Gasteiger partial charge >= 0.3 is 12.3 Å². The van der Waals surface area contributed by atoms with Crippen LogP contribution in [0.5, 0.6) is 0 Å². The fraction of sp³-hybridized carbons (Fsp3) is 0.481. The van der Waals surface area contributed by atoms with E-state index >= 15 is 0 Å². The maximum absolute atomic E-state index is 13.5. The van der Waals surface area contributed by atoms with Gasteiger partial charge in [-0.15, -0.1) is 0 Å². The van der Waals surface area contributed by atoms with Gasteiger partial charge in [-0.3, -0.25) is 4.79 Å². The zero-order chi connectivity index (χ0) is 26.8. The monoisotopic (exact) mass is 519 g/mol. The van der Waals surface area contributed by atoms with Crippen LogP contribution >= 0.6 is 0 Å². The van der Waals surface area contributed by atoms with Gasteiger partial charge in [-0.05, 0) is 57.4 Å². The maximum Gasteiger partial charge on any atom is 0.416 e. The number of carbonyl (C=O) groups is 2. The number of ether oxygens (including phenoxy) is 2. The number of fused-ring (bicyclic) bond motifs is 3. The van der Waals surface area contributed by atoms with E-state index in [-0.39, 0.29) is 31.0 Å². The van der Waals surface area contributed by atoms with Crippen LogP contribution in [0.15, 0.2) is 48.5 Å². The quantitative estimate of drug-likeness (QED) is 0.464. The molecular formula is C27H32F3N3O4. The van der Waals surface area contributed by atoms with E-state index in [1.165, 1.54) is 6.07 Å². The van der Waals surface area contributed by atoms with Crippen molar-refractivity contribution in [2.75, 3.05) is 18.4 Å². The summed E-state index contributed by atoms with van der Waals surface area (Å²) in [5, 5.41) is 8.71. The van der Waals surface area contributed by atoms with Crippen molar-refractivity contribution in [2.45, 2.75) is 63.6 Å². The molecule has 4 rings (SSSR count). The van der Waals surface area contributed by atoms with Crippen LogP contribution in [0.1, 0.15) is 62.4 Å². The summed E-state index contributed by atoms with van der Waals surface area (Å²) in [6.45, 7) is 5.58. The predicted molar refractivity (Wildman–Crippen MR) is 132 cm³/mol. The van der Waals surface area contributed by atoms with E-state index in [0.717, 1.165) is 17.7 Å². The van der Waals surface area contributed by atoms with Crippen LogP contribution in [0.3, 0.4) is 0 Å². The Morgan fingerprint density at radius 3 is 2.41 bits per heavy atom. The SMILES string of the molecule is CC(C)(C)OC(=O)NCCNC(=O)[C@@H]1CC[C@@H]2[C@H](O1)c1cc(C(F)(F)F)ccc1N[C@H]2c1ccccc1. The van der Waals surface area contributed by atoms with Gasteiger partial charge in [0.05, 0.1) is 17.7 Å². The van der Waals surface area contributed by atoms with Crippen molar-refractivity contribution in [3.8, 4) is 0 Å². The second-order valence-electron chi connectivity index (χ2n) is 10.3. The molecule has 2 amide bonds. The van der Waals surface area contributed by atoms with Gasteiger partial charge in [0.2, 0.25) is 5.91 Å². The molecule has 3 N–H and O–H groups in total. The standard InChI is InChI=1S/C27H32F3N3O4/c1-26(2,3)37-25(35)32-14-13-31-24(34)21-12-10-18-22(16-7-5-4-6-8-16)33-20-11-9-17(27(28,29)30)15-19(20)23(18)36-21/h4-9,11,15,18,21-23,33H,10,12-14H2,1-3H3,(H,31,34)(H,32,35)/t18-,21-,22-,23-/m0/s1. The molecule has 0 saturated carbocycles. The molecular weight excluding hydrogens is 487 g/mol. The van der Waals surface area contributed by atoms with Crippen molar-refractivity contribution in [3.63, 3.8) is 0 Å². The van der Waals surface area contributed by atoms with Crippen molar-refractivity contribution in [1.29, 1.82) is 0 Å².